The minimum absolute atomic E-state index is 0.180. The third-order valence-electron chi connectivity index (χ3n) is 11.7. The number of hydrogen-bond acceptors (Lipinski definition) is 8. The average Bonchev–Trinajstić information content (AvgIpc) is 3.86. The summed E-state index contributed by atoms with van der Waals surface area (Å²) in [4.78, 5) is 43.3. The van der Waals surface area contributed by atoms with Crippen molar-refractivity contribution in [2.75, 3.05) is 40.9 Å². The maximum absolute atomic E-state index is 14.7. The first-order chi connectivity index (χ1) is 32.7. The number of nitrogens with zero attached hydrogens (tertiary/aromatic N) is 6. The summed E-state index contributed by atoms with van der Waals surface area (Å²) in [5.41, 5.74) is 3.73. The largest absolute Gasteiger partial charge is 0.367 e. The van der Waals surface area contributed by atoms with Gasteiger partial charge in [-0.15, -0.1) is 0 Å². The Morgan fingerprint density at radius 1 is 0.588 bits per heavy atom. The number of amides is 4. The van der Waals surface area contributed by atoms with Crippen LogP contribution in [0.4, 0.5) is 55.6 Å². The van der Waals surface area contributed by atoms with Crippen LogP contribution < -0.4 is 25.3 Å². The number of carbonyl (C=O) groups excluding carboxylic acids is 2. The zero-order chi connectivity index (χ0) is 47.8. The van der Waals surface area contributed by atoms with Crippen LogP contribution in [0.1, 0.15) is 37.1 Å². The van der Waals surface area contributed by atoms with E-state index in [9.17, 15) is 27.2 Å². The lowest BCUT2D eigenvalue weighted by molar-refractivity contribution is 0.187. The number of hydrogen-bond donors (Lipinski definition) is 2. The fourth-order valence-electron chi connectivity index (χ4n) is 8.50. The van der Waals surface area contributed by atoms with E-state index in [4.69, 9.17) is 51.4 Å². The van der Waals surface area contributed by atoms with E-state index in [1.54, 1.807) is 42.5 Å². The summed E-state index contributed by atoms with van der Waals surface area (Å²) >= 11 is 31.2. The lowest BCUT2D eigenvalue weighted by atomic mass is 10.1. The molecule has 10 nitrogen and oxygen atoms in total. The van der Waals surface area contributed by atoms with Crippen molar-refractivity contribution in [3.63, 3.8) is 0 Å². The van der Waals surface area contributed by atoms with Gasteiger partial charge in [0.05, 0.1) is 77.5 Å². The quantitative estimate of drug-likeness (QED) is 0.146. The van der Waals surface area contributed by atoms with Crippen molar-refractivity contribution < 1.29 is 27.2 Å². The highest BCUT2D eigenvalue weighted by Gasteiger charge is 2.35. The Balaban J connectivity index is 0.000000178. The van der Waals surface area contributed by atoms with E-state index in [0.29, 0.717) is 74.8 Å². The highest BCUT2D eigenvalue weighted by molar-refractivity contribution is 9.10. The summed E-state index contributed by atoms with van der Waals surface area (Å²) in [6.45, 7) is 3.75. The fourth-order valence-corrected chi connectivity index (χ4v) is 11.9. The van der Waals surface area contributed by atoms with Gasteiger partial charge in [0, 0.05) is 54.1 Å². The Morgan fingerprint density at radius 3 is 1.53 bits per heavy atom. The van der Waals surface area contributed by atoms with Gasteiger partial charge in [0.15, 0.2) is 0 Å². The number of carbonyl (C=O) groups is 2. The van der Waals surface area contributed by atoms with Crippen LogP contribution in [0.5, 0.6) is 0 Å². The fraction of sp³-hybridized carbons (Fsp3) is 0.234. The smallest absolute Gasteiger partial charge is 0.326 e. The highest BCUT2D eigenvalue weighted by Crippen LogP contribution is 2.46. The second-order valence-electron chi connectivity index (χ2n) is 16.0. The first-order valence-corrected chi connectivity index (χ1v) is 25.2. The van der Waals surface area contributed by atoms with Crippen LogP contribution >= 0.6 is 85.9 Å². The molecule has 5 heterocycles. The third-order valence-corrected chi connectivity index (χ3v) is 15.9. The number of fused-ring (bicyclic) bond motifs is 2. The zero-order valence-electron chi connectivity index (χ0n) is 35.4. The minimum Gasteiger partial charge on any atom is -0.367 e. The van der Waals surface area contributed by atoms with Crippen molar-refractivity contribution in [3.8, 4) is 0 Å². The monoisotopic (exact) mass is 1100 g/mol. The maximum atomic E-state index is 14.7. The Hall–Kier alpha value is -4.46. The molecule has 4 aromatic carbocycles. The predicted octanol–water partition coefficient (Wildman–Crippen LogP) is 14.2. The van der Waals surface area contributed by atoms with Crippen molar-refractivity contribution >= 4 is 126 Å². The molecule has 10 rings (SSSR count). The molecule has 2 fully saturated rings. The number of rotatable bonds is 8. The molecule has 0 radical (unpaired) electrons. The predicted molar refractivity (Wildman–Crippen MR) is 265 cm³/mol. The van der Waals surface area contributed by atoms with Gasteiger partial charge in [-0.1, -0.05) is 94.9 Å². The Bertz CT molecular complexity index is 2910. The third kappa shape index (κ3) is 10.2. The van der Waals surface area contributed by atoms with Crippen LogP contribution in [-0.4, -0.2) is 59.2 Å². The van der Waals surface area contributed by atoms with Gasteiger partial charge in [-0.3, -0.25) is 14.7 Å². The summed E-state index contributed by atoms with van der Waals surface area (Å²) in [5.74, 6) is -2.61. The van der Waals surface area contributed by atoms with Crippen molar-refractivity contribution in [2.24, 2.45) is 0 Å². The van der Waals surface area contributed by atoms with E-state index >= 15 is 0 Å². The maximum Gasteiger partial charge on any atom is 0.326 e. The SMILES string of the molecule is O=C1NCc2nc(Sc3ccc(F)cc3F)c(Br)cc2N1c1c(Cl)cccc1Cl.O=C1NCc2nc(Sc3ccc(F)cc3F)c(N3CCN(C4CCCC4)CC3)cc2N1c1c(Cl)cccc1Cl. The molecule has 1 saturated heterocycles. The van der Waals surface area contributed by atoms with E-state index in [0.717, 1.165) is 67.5 Å². The van der Waals surface area contributed by atoms with Gasteiger partial charge in [0.25, 0.3) is 0 Å². The molecular formula is C47H37BrCl4F4N8O2S2. The van der Waals surface area contributed by atoms with Gasteiger partial charge >= 0.3 is 12.1 Å². The van der Waals surface area contributed by atoms with Crippen molar-refractivity contribution in [2.45, 2.75) is 64.7 Å². The highest BCUT2D eigenvalue weighted by atomic mass is 79.9. The number of benzene rings is 4. The van der Waals surface area contributed by atoms with Crippen LogP contribution in [0, 0.1) is 23.3 Å². The van der Waals surface area contributed by atoms with Crippen molar-refractivity contribution in [1.29, 1.82) is 0 Å². The lowest BCUT2D eigenvalue weighted by Crippen LogP contribution is -2.50. The molecule has 3 aliphatic heterocycles. The Labute approximate surface area is 425 Å². The number of halogens is 9. The number of nitrogens with one attached hydrogen (secondary N) is 2. The van der Waals surface area contributed by atoms with Crippen LogP contribution in [0.2, 0.25) is 20.1 Å². The molecule has 0 bridgehead atoms. The summed E-state index contributed by atoms with van der Waals surface area (Å²) in [6.07, 6.45) is 5.06. The normalized spacial score (nSPS) is 16.2. The average molecular weight is 1110 g/mol. The van der Waals surface area contributed by atoms with E-state index in [1.165, 1.54) is 59.7 Å². The number of para-hydroxylation sites is 2. The minimum atomic E-state index is -0.681. The van der Waals surface area contributed by atoms with Gasteiger partial charge in [-0.2, -0.15) is 0 Å². The molecule has 6 aromatic rings. The molecule has 0 unspecified atom stereocenters. The number of pyridine rings is 2. The molecule has 352 valence electrons. The Morgan fingerprint density at radius 2 is 1.04 bits per heavy atom. The van der Waals surface area contributed by atoms with Gasteiger partial charge in [0.1, 0.15) is 33.3 Å². The van der Waals surface area contributed by atoms with Gasteiger partial charge in [-0.25, -0.2) is 37.1 Å². The number of piperazine rings is 1. The van der Waals surface area contributed by atoms with Gasteiger partial charge in [-0.05, 0) is 89.4 Å². The molecule has 1 aliphatic carbocycles. The number of urea groups is 2. The van der Waals surface area contributed by atoms with E-state index in [2.05, 4.69) is 41.3 Å². The molecule has 1 saturated carbocycles. The van der Waals surface area contributed by atoms with E-state index in [-0.39, 0.29) is 28.9 Å². The Kier molecular flexibility index (Phi) is 14.9. The summed E-state index contributed by atoms with van der Waals surface area (Å²) in [5, 5.41) is 7.92. The molecule has 4 amide bonds. The van der Waals surface area contributed by atoms with Crippen molar-refractivity contribution in [1.82, 2.24) is 25.5 Å². The zero-order valence-corrected chi connectivity index (χ0v) is 41.7. The number of anilines is 5. The summed E-state index contributed by atoms with van der Waals surface area (Å²) < 4.78 is 56.0. The standard InChI is InChI=1S/C28H27Cl2F2N5OS.C19H10BrCl2F2N3OS/c29-19-6-3-7-20(30)26(19)37-23-15-24(36-12-10-35(11-13-36)18-4-1-2-5-18)27(34-22(23)16-33-28(37)38)39-25-9-8-17(31)14-21(25)32;20-10-7-15-14(26-18(10)29-16-5-4-9(23)6-13(16)24)8-25-19(28)27(15)17-11(21)2-1-3-12(17)22/h3,6-9,14-15,18H,1-2,4-5,10-13,16H2,(H,33,38);1-7H,8H2,(H,25,28). The van der Waals surface area contributed by atoms with Gasteiger partial charge in [0.2, 0.25) is 0 Å². The van der Waals surface area contributed by atoms with Crippen LogP contribution in [0.15, 0.2) is 109 Å². The molecule has 21 heteroatoms. The molecule has 68 heavy (non-hydrogen) atoms. The molecule has 0 spiro atoms. The van der Waals surface area contributed by atoms with E-state index < -0.39 is 29.3 Å². The van der Waals surface area contributed by atoms with Crippen LogP contribution in [0.25, 0.3) is 0 Å². The molecule has 4 aliphatic rings. The molecule has 2 aromatic heterocycles. The van der Waals surface area contributed by atoms with Crippen LogP contribution in [0.3, 0.4) is 0 Å². The topological polar surface area (TPSA) is 96.9 Å². The first-order valence-electron chi connectivity index (χ1n) is 21.3. The second kappa shape index (κ2) is 20.9. The lowest BCUT2D eigenvalue weighted by Gasteiger charge is -2.40. The number of aromatic nitrogens is 2. The molecule has 2 N–H and O–H groups in total. The van der Waals surface area contributed by atoms with Crippen LogP contribution in [-0.2, 0) is 13.1 Å². The second-order valence-corrected chi connectivity index (χ2v) is 20.5. The first kappa shape index (κ1) is 48.6. The summed E-state index contributed by atoms with van der Waals surface area (Å²) in [6, 6.07) is 20.4. The molecular weight excluding hydrogens is 1070 g/mol. The van der Waals surface area contributed by atoms with Crippen molar-refractivity contribution in [3.05, 3.63) is 144 Å². The van der Waals surface area contributed by atoms with Gasteiger partial charge < -0.3 is 15.5 Å². The molecule has 0 atom stereocenters. The summed E-state index contributed by atoms with van der Waals surface area (Å²) in [7, 11) is 0. The van der Waals surface area contributed by atoms with E-state index in [1.807, 2.05) is 6.07 Å².